The van der Waals surface area contributed by atoms with Crippen LogP contribution in [0.1, 0.15) is 135 Å². The molecule has 0 fully saturated rings. The van der Waals surface area contributed by atoms with Crippen molar-refractivity contribution in [3.63, 3.8) is 0 Å². The molecule has 0 heteroatoms. The topological polar surface area (TPSA) is 0 Å². The molecule has 0 saturated carbocycles. The Labute approximate surface area is 147 Å². The van der Waals surface area contributed by atoms with E-state index in [0.29, 0.717) is 0 Å². The smallest absolute Gasteiger partial charge is 0.0391 e. The number of hydrogen-bond acceptors (Lipinski definition) is 0. The first-order valence-corrected chi connectivity index (χ1v) is 10.8. The van der Waals surface area contributed by atoms with Crippen molar-refractivity contribution in [1.82, 2.24) is 0 Å². The first-order valence-electron chi connectivity index (χ1n) is 10.8. The zero-order valence-corrected chi connectivity index (χ0v) is 19.4. The van der Waals surface area contributed by atoms with Gasteiger partial charge in [-0.2, -0.15) is 0 Å². The van der Waals surface area contributed by atoms with Gasteiger partial charge in [0.25, 0.3) is 0 Å². The normalized spacial score (nSPS) is 10.1. The van der Waals surface area contributed by atoms with E-state index in [2.05, 4.69) is 27.7 Å². The average molecular weight is 321 g/mol. The van der Waals surface area contributed by atoms with Gasteiger partial charge in [-0.1, -0.05) is 135 Å². The van der Waals surface area contributed by atoms with E-state index in [9.17, 15) is 0 Å². The third-order valence-corrected chi connectivity index (χ3v) is 3.15. The minimum atomic E-state index is 0.937. The van der Waals surface area contributed by atoms with E-state index in [0.717, 1.165) is 11.8 Å². The molecule has 0 bridgehead atoms. The summed E-state index contributed by atoms with van der Waals surface area (Å²) in [6.07, 6.45) is 8.41. The van der Waals surface area contributed by atoms with Gasteiger partial charge in [-0.15, -0.1) is 0 Å². The van der Waals surface area contributed by atoms with Crippen LogP contribution in [0.3, 0.4) is 0 Å². The maximum absolute atomic E-state index is 2.40. The first-order chi connectivity index (χ1) is 10.8. The fourth-order valence-electron chi connectivity index (χ4n) is 1.88. The summed E-state index contributed by atoms with van der Waals surface area (Å²) in [6.45, 7) is 29.3. The lowest BCUT2D eigenvalue weighted by Crippen LogP contribution is -2.09. The molecule has 144 valence electrons. The molecule has 0 rings (SSSR count). The summed E-state index contributed by atoms with van der Waals surface area (Å²) in [7, 11) is 0. The molecule has 2 unspecified atom stereocenters. The highest BCUT2D eigenvalue weighted by atomic mass is 14.2. The molecule has 0 radical (unpaired) electrons. The van der Waals surface area contributed by atoms with Crippen LogP contribution < -0.4 is 0 Å². The van der Waals surface area contributed by atoms with Crippen LogP contribution in [0.5, 0.6) is 0 Å². The van der Waals surface area contributed by atoms with Crippen LogP contribution in [-0.2, 0) is 0 Å². The highest BCUT2D eigenvalue weighted by molar-refractivity contribution is 4.63. The molecule has 0 heterocycles. The van der Waals surface area contributed by atoms with E-state index in [1.54, 1.807) is 0 Å². The van der Waals surface area contributed by atoms with Crippen LogP contribution in [0.15, 0.2) is 0 Å². The zero-order valence-electron chi connectivity index (χ0n) is 19.4. The molecule has 0 N–H and O–H groups in total. The van der Waals surface area contributed by atoms with Crippen molar-refractivity contribution in [1.29, 1.82) is 0 Å². The Morgan fingerprint density at radius 3 is 1.14 bits per heavy atom. The van der Waals surface area contributed by atoms with Gasteiger partial charge in [0.15, 0.2) is 0 Å². The van der Waals surface area contributed by atoms with Gasteiger partial charge in [-0.05, 0) is 11.8 Å². The predicted molar refractivity (Wildman–Crippen MR) is 114 cm³/mol. The van der Waals surface area contributed by atoms with Crippen molar-refractivity contribution < 1.29 is 0 Å². The van der Waals surface area contributed by atoms with Crippen LogP contribution in [0.25, 0.3) is 0 Å². The van der Waals surface area contributed by atoms with Crippen molar-refractivity contribution in [2.45, 2.75) is 135 Å². The summed E-state index contributed by atoms with van der Waals surface area (Å²) in [5.41, 5.74) is 0. The lowest BCUT2D eigenvalue weighted by Gasteiger charge is -2.21. The highest BCUT2D eigenvalue weighted by Gasteiger charge is 2.12. The quantitative estimate of drug-likeness (QED) is 0.409. The Kier molecular flexibility index (Phi) is 100. The fraction of sp³-hybridized carbons (Fsp3) is 1.00. The number of unbranched alkanes of at least 4 members (excludes halogenated alkanes) is 2. The van der Waals surface area contributed by atoms with Gasteiger partial charge in [-0.3, -0.25) is 0 Å². The summed E-state index contributed by atoms with van der Waals surface area (Å²) in [6, 6.07) is 0. The molecule has 0 nitrogen and oxygen atoms in total. The van der Waals surface area contributed by atoms with Crippen molar-refractivity contribution in [3.05, 3.63) is 0 Å². The molecule has 0 aliphatic carbocycles. The monoisotopic (exact) mass is 320 g/mol. The largest absolute Gasteiger partial charge is 0.0683 e. The maximum Gasteiger partial charge on any atom is -0.0391 e. The molecule has 0 aliphatic rings. The van der Waals surface area contributed by atoms with E-state index in [1.165, 1.54) is 38.5 Å². The second-order valence-corrected chi connectivity index (χ2v) is 4.05. The van der Waals surface area contributed by atoms with Crippen LogP contribution in [-0.4, -0.2) is 0 Å². The van der Waals surface area contributed by atoms with Gasteiger partial charge in [-0.25, -0.2) is 0 Å². The SMILES string of the molecule is CC.CC.CC.CC.CC.CCCCCC(CC)C(C)CC. The summed E-state index contributed by atoms with van der Waals surface area (Å²) >= 11 is 0. The van der Waals surface area contributed by atoms with Crippen LogP contribution in [0, 0.1) is 11.8 Å². The van der Waals surface area contributed by atoms with Gasteiger partial charge < -0.3 is 0 Å². The Balaban J connectivity index is -0.0000000540. The van der Waals surface area contributed by atoms with Gasteiger partial charge in [0.05, 0.1) is 0 Å². The first kappa shape index (κ1) is 37.9. The molecule has 0 aromatic rings. The minimum absolute atomic E-state index is 0.937. The second-order valence-electron chi connectivity index (χ2n) is 4.05. The molecule has 0 amide bonds. The molecule has 0 spiro atoms. The van der Waals surface area contributed by atoms with E-state index in [4.69, 9.17) is 0 Å². The van der Waals surface area contributed by atoms with E-state index in [-0.39, 0.29) is 0 Å². The average Bonchev–Trinajstić information content (AvgIpc) is 2.66. The summed E-state index contributed by atoms with van der Waals surface area (Å²) in [5, 5.41) is 0. The van der Waals surface area contributed by atoms with E-state index >= 15 is 0 Å². The number of hydrogen-bond donors (Lipinski definition) is 0. The van der Waals surface area contributed by atoms with E-state index in [1.807, 2.05) is 69.2 Å². The van der Waals surface area contributed by atoms with Crippen molar-refractivity contribution in [2.24, 2.45) is 11.8 Å². The van der Waals surface area contributed by atoms with Crippen molar-refractivity contribution in [3.8, 4) is 0 Å². The van der Waals surface area contributed by atoms with Gasteiger partial charge in [0.1, 0.15) is 0 Å². The fourth-order valence-corrected chi connectivity index (χ4v) is 1.88. The van der Waals surface area contributed by atoms with Gasteiger partial charge >= 0.3 is 0 Å². The van der Waals surface area contributed by atoms with Crippen LogP contribution >= 0.6 is 0 Å². The molecule has 22 heavy (non-hydrogen) atoms. The summed E-state index contributed by atoms with van der Waals surface area (Å²) < 4.78 is 0. The highest BCUT2D eigenvalue weighted by Crippen LogP contribution is 2.24. The third-order valence-electron chi connectivity index (χ3n) is 3.15. The van der Waals surface area contributed by atoms with Gasteiger partial charge in [0.2, 0.25) is 0 Å². The molecular formula is C22H56. The third kappa shape index (κ3) is 42.7. The van der Waals surface area contributed by atoms with Crippen molar-refractivity contribution in [2.75, 3.05) is 0 Å². The Bertz CT molecular complexity index is 86.0. The Hall–Kier alpha value is 0. The molecule has 0 aromatic carbocycles. The molecule has 2 atom stereocenters. The Morgan fingerprint density at radius 2 is 0.909 bits per heavy atom. The maximum atomic E-state index is 2.40. The second kappa shape index (κ2) is 58.3. The summed E-state index contributed by atoms with van der Waals surface area (Å²) in [4.78, 5) is 0. The molecule has 0 aliphatic heterocycles. The lowest BCUT2D eigenvalue weighted by molar-refractivity contribution is 0.308. The molecular weight excluding hydrogens is 264 g/mol. The van der Waals surface area contributed by atoms with Crippen LogP contribution in [0.2, 0.25) is 0 Å². The van der Waals surface area contributed by atoms with Gasteiger partial charge in [0, 0.05) is 0 Å². The van der Waals surface area contributed by atoms with E-state index < -0.39 is 0 Å². The standard InChI is InChI=1S/C12H26.5C2H6/c1-5-8-9-10-12(7-3)11(4)6-2;5*1-2/h11-12H,5-10H2,1-4H3;5*1-2H3. The molecule has 0 saturated heterocycles. The zero-order chi connectivity index (χ0) is 19.4. The lowest BCUT2D eigenvalue weighted by atomic mass is 9.85. The van der Waals surface area contributed by atoms with Crippen LogP contribution in [0.4, 0.5) is 0 Å². The minimum Gasteiger partial charge on any atom is -0.0683 e. The predicted octanol–water partition coefficient (Wildman–Crippen LogP) is 9.77. The summed E-state index contributed by atoms with van der Waals surface area (Å²) in [5.74, 6) is 1.92. The molecule has 0 aromatic heterocycles. The number of rotatable bonds is 7. The Morgan fingerprint density at radius 1 is 0.545 bits per heavy atom. The van der Waals surface area contributed by atoms with Crippen molar-refractivity contribution >= 4 is 0 Å².